The van der Waals surface area contributed by atoms with Crippen LogP contribution in [-0.2, 0) is 4.79 Å². The first-order valence-electron chi connectivity index (χ1n) is 12.2. The van der Waals surface area contributed by atoms with Crippen LogP contribution in [0.5, 0.6) is 5.75 Å². The molecule has 1 fully saturated rings. The van der Waals surface area contributed by atoms with Crippen molar-refractivity contribution in [3.05, 3.63) is 97.1 Å². The Morgan fingerprint density at radius 2 is 1.47 bits per heavy atom. The SMILES string of the molecule is O=C(COc1cccc2ccccc12)N1CCN(c2ccc(-c3ccc4ccccc4c3)nn2)CC1. The van der Waals surface area contributed by atoms with Gasteiger partial charge in [0, 0.05) is 37.1 Å². The molecule has 6 nitrogen and oxygen atoms in total. The van der Waals surface area contributed by atoms with Crippen LogP contribution in [0.1, 0.15) is 0 Å². The van der Waals surface area contributed by atoms with Crippen LogP contribution >= 0.6 is 0 Å². The third-order valence-corrected chi connectivity index (χ3v) is 6.75. The number of benzene rings is 4. The van der Waals surface area contributed by atoms with Crippen molar-refractivity contribution in [2.75, 3.05) is 37.7 Å². The van der Waals surface area contributed by atoms with Crippen molar-refractivity contribution >= 4 is 33.3 Å². The third-order valence-electron chi connectivity index (χ3n) is 6.75. The van der Waals surface area contributed by atoms with Gasteiger partial charge in [0.2, 0.25) is 0 Å². The molecule has 6 heteroatoms. The molecule has 0 saturated carbocycles. The van der Waals surface area contributed by atoms with E-state index >= 15 is 0 Å². The maximum atomic E-state index is 12.8. The first-order chi connectivity index (χ1) is 17.7. The summed E-state index contributed by atoms with van der Waals surface area (Å²) in [5.74, 6) is 1.57. The van der Waals surface area contributed by atoms with Gasteiger partial charge in [-0.2, -0.15) is 0 Å². The summed E-state index contributed by atoms with van der Waals surface area (Å²) in [5, 5.41) is 13.5. The van der Waals surface area contributed by atoms with Gasteiger partial charge < -0.3 is 14.5 Å². The number of piperazine rings is 1. The number of fused-ring (bicyclic) bond motifs is 2. The van der Waals surface area contributed by atoms with Crippen molar-refractivity contribution in [1.82, 2.24) is 15.1 Å². The number of nitrogens with zero attached hydrogens (tertiary/aromatic N) is 4. The Labute approximate surface area is 209 Å². The van der Waals surface area contributed by atoms with Crippen LogP contribution in [0.25, 0.3) is 32.8 Å². The summed E-state index contributed by atoms with van der Waals surface area (Å²) >= 11 is 0. The highest BCUT2D eigenvalue weighted by Gasteiger charge is 2.22. The molecule has 2 heterocycles. The molecule has 0 atom stereocenters. The monoisotopic (exact) mass is 474 g/mol. The number of carbonyl (C=O) groups is 1. The van der Waals surface area contributed by atoms with Crippen LogP contribution in [0.4, 0.5) is 5.82 Å². The third kappa shape index (κ3) is 4.45. The molecule has 1 aliphatic heterocycles. The van der Waals surface area contributed by atoms with Gasteiger partial charge in [-0.3, -0.25) is 4.79 Å². The van der Waals surface area contributed by atoms with E-state index < -0.39 is 0 Å². The van der Waals surface area contributed by atoms with Crippen LogP contribution in [0.2, 0.25) is 0 Å². The lowest BCUT2D eigenvalue weighted by molar-refractivity contribution is -0.133. The Kier molecular flexibility index (Phi) is 5.91. The van der Waals surface area contributed by atoms with E-state index in [0.29, 0.717) is 26.2 Å². The fourth-order valence-corrected chi connectivity index (χ4v) is 4.73. The van der Waals surface area contributed by atoms with E-state index in [1.54, 1.807) is 0 Å². The summed E-state index contributed by atoms with van der Waals surface area (Å²) in [6.07, 6.45) is 0. The lowest BCUT2D eigenvalue weighted by Gasteiger charge is -2.35. The predicted octanol–water partition coefficient (Wildman–Crippen LogP) is 5.18. The summed E-state index contributed by atoms with van der Waals surface area (Å²) in [6, 6.07) is 32.6. The summed E-state index contributed by atoms with van der Waals surface area (Å²) in [4.78, 5) is 16.8. The van der Waals surface area contributed by atoms with Gasteiger partial charge in [0.1, 0.15) is 5.75 Å². The van der Waals surface area contributed by atoms with Gasteiger partial charge in [-0.1, -0.05) is 72.8 Å². The van der Waals surface area contributed by atoms with E-state index in [9.17, 15) is 4.79 Å². The van der Waals surface area contributed by atoms with Crippen LogP contribution < -0.4 is 9.64 Å². The zero-order valence-electron chi connectivity index (χ0n) is 19.9. The Hall–Kier alpha value is -4.45. The maximum absolute atomic E-state index is 12.8. The second kappa shape index (κ2) is 9.66. The topological polar surface area (TPSA) is 58.6 Å². The molecule has 0 radical (unpaired) electrons. The normalized spacial score (nSPS) is 13.8. The average Bonchev–Trinajstić information content (AvgIpc) is 2.96. The highest BCUT2D eigenvalue weighted by Crippen LogP contribution is 2.26. The standard InChI is InChI=1S/C30H26N4O2/c35-30(21-36-28-11-5-9-23-7-3-4-10-26(23)28)34-18-16-33(17-19-34)29-15-14-27(31-32-29)25-13-12-22-6-1-2-8-24(22)20-25/h1-15,20H,16-19,21H2. The zero-order valence-corrected chi connectivity index (χ0v) is 19.9. The van der Waals surface area contributed by atoms with Crippen molar-refractivity contribution in [1.29, 1.82) is 0 Å². The second-order valence-electron chi connectivity index (χ2n) is 8.97. The number of rotatable bonds is 5. The Balaban J connectivity index is 1.06. The predicted molar refractivity (Wildman–Crippen MR) is 143 cm³/mol. The van der Waals surface area contributed by atoms with E-state index in [-0.39, 0.29) is 12.5 Å². The minimum Gasteiger partial charge on any atom is -0.483 e. The van der Waals surface area contributed by atoms with Gasteiger partial charge in [-0.25, -0.2) is 0 Å². The lowest BCUT2D eigenvalue weighted by Crippen LogP contribution is -2.50. The van der Waals surface area contributed by atoms with Gasteiger partial charge in [0.15, 0.2) is 12.4 Å². The molecule has 36 heavy (non-hydrogen) atoms. The minimum atomic E-state index is 0.000297. The molecular formula is C30H26N4O2. The van der Waals surface area contributed by atoms with Gasteiger partial charge in [0.25, 0.3) is 5.91 Å². The largest absolute Gasteiger partial charge is 0.483 e. The molecule has 0 aliphatic carbocycles. The van der Waals surface area contributed by atoms with E-state index in [2.05, 4.69) is 45.4 Å². The number of aromatic nitrogens is 2. The summed E-state index contributed by atoms with van der Waals surface area (Å²) in [7, 11) is 0. The fraction of sp³-hybridized carbons (Fsp3) is 0.167. The maximum Gasteiger partial charge on any atom is 0.260 e. The van der Waals surface area contributed by atoms with Crippen molar-refractivity contribution in [3.63, 3.8) is 0 Å². The molecule has 6 rings (SSSR count). The summed E-state index contributed by atoms with van der Waals surface area (Å²) in [5.41, 5.74) is 1.90. The first kappa shape index (κ1) is 22.0. The lowest BCUT2D eigenvalue weighted by atomic mass is 10.1. The van der Waals surface area contributed by atoms with Gasteiger partial charge in [-0.05, 0) is 40.4 Å². The Bertz CT molecular complexity index is 1520. The van der Waals surface area contributed by atoms with Crippen LogP contribution in [0, 0.1) is 0 Å². The van der Waals surface area contributed by atoms with Crippen LogP contribution in [0.3, 0.4) is 0 Å². The highest BCUT2D eigenvalue weighted by atomic mass is 16.5. The summed E-state index contributed by atoms with van der Waals surface area (Å²) < 4.78 is 5.90. The van der Waals surface area contributed by atoms with E-state index in [4.69, 9.17) is 4.74 Å². The number of hydrogen-bond acceptors (Lipinski definition) is 5. The first-order valence-corrected chi connectivity index (χ1v) is 12.2. The Morgan fingerprint density at radius 3 is 2.28 bits per heavy atom. The number of hydrogen-bond donors (Lipinski definition) is 0. The molecule has 4 aromatic carbocycles. The number of carbonyl (C=O) groups excluding carboxylic acids is 1. The van der Waals surface area contributed by atoms with Crippen molar-refractivity contribution in [2.24, 2.45) is 0 Å². The van der Waals surface area contributed by atoms with Crippen molar-refractivity contribution in [2.45, 2.75) is 0 Å². The molecule has 0 bridgehead atoms. The quantitative estimate of drug-likeness (QED) is 0.351. The van der Waals surface area contributed by atoms with E-state index in [0.717, 1.165) is 33.6 Å². The molecule has 1 amide bonds. The Morgan fingerprint density at radius 1 is 0.722 bits per heavy atom. The molecule has 1 aliphatic rings. The smallest absolute Gasteiger partial charge is 0.260 e. The summed E-state index contributed by atoms with van der Waals surface area (Å²) in [6.45, 7) is 2.72. The number of anilines is 1. The fourth-order valence-electron chi connectivity index (χ4n) is 4.73. The molecule has 0 N–H and O–H groups in total. The molecule has 1 saturated heterocycles. The van der Waals surface area contributed by atoms with Gasteiger partial charge in [-0.15, -0.1) is 10.2 Å². The zero-order chi connectivity index (χ0) is 24.3. The number of ether oxygens (including phenoxy) is 1. The van der Waals surface area contributed by atoms with Crippen LogP contribution in [0.15, 0.2) is 97.1 Å². The van der Waals surface area contributed by atoms with Gasteiger partial charge >= 0.3 is 0 Å². The molecule has 178 valence electrons. The van der Waals surface area contributed by atoms with Crippen molar-refractivity contribution < 1.29 is 9.53 Å². The van der Waals surface area contributed by atoms with Gasteiger partial charge in [0.05, 0.1) is 5.69 Å². The highest BCUT2D eigenvalue weighted by molar-refractivity contribution is 5.89. The van der Waals surface area contributed by atoms with Crippen LogP contribution in [-0.4, -0.2) is 53.8 Å². The van der Waals surface area contributed by atoms with Crippen molar-refractivity contribution in [3.8, 4) is 17.0 Å². The molecule has 1 aromatic heterocycles. The second-order valence-corrected chi connectivity index (χ2v) is 8.97. The minimum absolute atomic E-state index is 0.000297. The molecule has 0 spiro atoms. The average molecular weight is 475 g/mol. The van der Waals surface area contributed by atoms with E-state index in [1.165, 1.54) is 10.8 Å². The molecule has 0 unspecified atom stereocenters. The molecule has 5 aromatic rings. The number of amides is 1. The molecular weight excluding hydrogens is 448 g/mol. The van der Waals surface area contributed by atoms with E-state index in [1.807, 2.05) is 71.6 Å².